The molecule has 80 valence electrons. The quantitative estimate of drug-likeness (QED) is 0.812. The summed E-state index contributed by atoms with van der Waals surface area (Å²) in [4.78, 5) is 6.35. The molecule has 1 heterocycles. The van der Waals surface area contributed by atoms with Crippen LogP contribution in [0, 0.1) is 0 Å². The van der Waals surface area contributed by atoms with Crippen LogP contribution in [0.15, 0.2) is 29.3 Å². The molecule has 3 heteroatoms. The molecule has 1 unspecified atom stereocenters. The van der Waals surface area contributed by atoms with E-state index in [0.717, 1.165) is 13.1 Å². The van der Waals surface area contributed by atoms with Crippen molar-refractivity contribution in [1.82, 2.24) is 0 Å². The molecule has 1 atom stereocenters. The first-order chi connectivity index (χ1) is 7.33. The average Bonchev–Trinajstić information content (AvgIpc) is 2.81. The molecule has 0 fully saturated rings. The fourth-order valence-electron chi connectivity index (χ4n) is 1.83. The van der Waals surface area contributed by atoms with Gasteiger partial charge in [-0.15, -0.1) is 0 Å². The normalized spacial score (nSPS) is 17.1. The molecule has 3 nitrogen and oxygen atoms in total. The molecule has 0 bridgehead atoms. The minimum Gasteiger partial charge on any atom is -0.396 e. The highest BCUT2D eigenvalue weighted by atomic mass is 16.3. The summed E-state index contributed by atoms with van der Waals surface area (Å²) >= 11 is 0. The van der Waals surface area contributed by atoms with Crippen LogP contribution in [0.2, 0.25) is 0 Å². The summed E-state index contributed by atoms with van der Waals surface area (Å²) in [6.45, 7) is 4.02. The Morgan fingerprint density at radius 1 is 1.47 bits per heavy atom. The Balaban J connectivity index is 2.32. The van der Waals surface area contributed by atoms with E-state index in [9.17, 15) is 5.11 Å². The van der Waals surface area contributed by atoms with Crippen molar-refractivity contribution < 1.29 is 5.11 Å². The van der Waals surface area contributed by atoms with Gasteiger partial charge in [0.2, 0.25) is 0 Å². The maximum absolute atomic E-state index is 9.20. The molecule has 1 aliphatic rings. The molecule has 0 radical (unpaired) electrons. The smallest absolute Gasteiger partial charge is 0.0895 e. The molecule has 15 heavy (non-hydrogen) atoms. The molecule has 0 aromatic heterocycles. The maximum Gasteiger partial charge on any atom is 0.0895 e. The Bertz CT molecular complexity index is 362. The topological polar surface area (TPSA) is 35.8 Å². The summed E-state index contributed by atoms with van der Waals surface area (Å²) in [6, 6.07) is 8.19. The van der Waals surface area contributed by atoms with Crippen LogP contribution in [0.1, 0.15) is 18.4 Å². The second-order valence-electron chi connectivity index (χ2n) is 3.86. The molecular formula is C12H16N2O. The number of hydrogen-bond donors (Lipinski definition) is 1. The first-order valence-corrected chi connectivity index (χ1v) is 5.29. The van der Waals surface area contributed by atoms with Gasteiger partial charge in [0, 0.05) is 24.8 Å². The zero-order chi connectivity index (χ0) is 10.7. The Morgan fingerprint density at radius 2 is 2.27 bits per heavy atom. The van der Waals surface area contributed by atoms with Crippen LogP contribution in [0.4, 0.5) is 5.69 Å². The van der Waals surface area contributed by atoms with E-state index in [-0.39, 0.29) is 12.5 Å². The molecule has 1 aromatic rings. The minimum atomic E-state index is 0.176. The number of aliphatic hydroxyl groups excluding tert-OH is 1. The van der Waals surface area contributed by atoms with E-state index in [1.165, 1.54) is 11.3 Å². The molecule has 0 spiro atoms. The number of rotatable bonds is 3. The summed E-state index contributed by atoms with van der Waals surface area (Å²) in [7, 11) is 0. The van der Waals surface area contributed by atoms with E-state index in [2.05, 4.69) is 22.0 Å². The second-order valence-corrected chi connectivity index (χ2v) is 3.86. The van der Waals surface area contributed by atoms with Crippen LogP contribution in [-0.2, 0) is 0 Å². The molecular weight excluding hydrogens is 188 g/mol. The Kier molecular flexibility index (Phi) is 3.02. The third-order valence-electron chi connectivity index (χ3n) is 2.74. The van der Waals surface area contributed by atoms with Crippen molar-refractivity contribution >= 4 is 12.0 Å². The predicted octanol–water partition coefficient (Wildman–Crippen LogP) is 1.63. The molecule has 1 aliphatic heterocycles. The van der Waals surface area contributed by atoms with E-state index in [4.69, 9.17) is 0 Å². The lowest BCUT2D eigenvalue weighted by molar-refractivity contribution is 0.273. The van der Waals surface area contributed by atoms with Gasteiger partial charge in [-0.25, -0.2) is 0 Å². The summed E-state index contributed by atoms with van der Waals surface area (Å²) in [5, 5.41) is 9.20. The number of anilines is 1. The third-order valence-corrected chi connectivity index (χ3v) is 2.74. The Hall–Kier alpha value is -1.35. The monoisotopic (exact) mass is 204 g/mol. The van der Waals surface area contributed by atoms with Gasteiger partial charge in [-0.1, -0.05) is 25.1 Å². The zero-order valence-electron chi connectivity index (χ0n) is 8.93. The van der Waals surface area contributed by atoms with Crippen LogP contribution in [0.5, 0.6) is 0 Å². The summed E-state index contributed by atoms with van der Waals surface area (Å²) in [6.07, 6.45) is 1.88. The maximum atomic E-state index is 9.20. The van der Waals surface area contributed by atoms with E-state index in [1.807, 2.05) is 25.4 Å². The van der Waals surface area contributed by atoms with Gasteiger partial charge in [0.05, 0.1) is 12.9 Å². The molecule has 0 amide bonds. The molecule has 1 aromatic carbocycles. The van der Waals surface area contributed by atoms with Crippen LogP contribution in [0.3, 0.4) is 0 Å². The van der Waals surface area contributed by atoms with Crippen molar-refractivity contribution in [3.63, 3.8) is 0 Å². The summed E-state index contributed by atoms with van der Waals surface area (Å²) in [5.41, 5.74) is 2.36. The molecule has 2 rings (SSSR count). The van der Waals surface area contributed by atoms with Crippen LogP contribution in [-0.4, -0.2) is 31.1 Å². The number of aliphatic hydroxyl groups is 1. The third kappa shape index (κ3) is 2.02. The van der Waals surface area contributed by atoms with E-state index in [1.54, 1.807) is 0 Å². The second kappa shape index (κ2) is 4.45. The SMILES string of the molecule is CC(CO)c1ccccc1N1C=NCC1. The Morgan fingerprint density at radius 3 is 2.93 bits per heavy atom. The van der Waals surface area contributed by atoms with Crippen molar-refractivity contribution in [2.45, 2.75) is 12.8 Å². The van der Waals surface area contributed by atoms with Gasteiger partial charge in [0.25, 0.3) is 0 Å². The van der Waals surface area contributed by atoms with Gasteiger partial charge in [-0.05, 0) is 11.6 Å². The highest BCUT2D eigenvalue weighted by Crippen LogP contribution is 2.27. The lowest BCUT2D eigenvalue weighted by Crippen LogP contribution is -2.20. The predicted molar refractivity (Wildman–Crippen MR) is 62.6 cm³/mol. The van der Waals surface area contributed by atoms with Crippen molar-refractivity contribution in [1.29, 1.82) is 0 Å². The van der Waals surface area contributed by atoms with E-state index >= 15 is 0 Å². The lowest BCUT2D eigenvalue weighted by Gasteiger charge is -2.21. The van der Waals surface area contributed by atoms with Crippen molar-refractivity contribution in [2.75, 3.05) is 24.6 Å². The Labute approximate surface area is 90.1 Å². The van der Waals surface area contributed by atoms with E-state index < -0.39 is 0 Å². The summed E-state index contributed by atoms with van der Waals surface area (Å²) < 4.78 is 0. The molecule has 0 aliphatic carbocycles. The van der Waals surface area contributed by atoms with Crippen molar-refractivity contribution in [3.05, 3.63) is 29.8 Å². The van der Waals surface area contributed by atoms with Crippen LogP contribution >= 0.6 is 0 Å². The van der Waals surface area contributed by atoms with Crippen molar-refractivity contribution in [2.24, 2.45) is 4.99 Å². The van der Waals surface area contributed by atoms with Gasteiger partial charge < -0.3 is 10.0 Å². The number of benzene rings is 1. The van der Waals surface area contributed by atoms with E-state index in [0.29, 0.717) is 0 Å². The highest BCUT2D eigenvalue weighted by molar-refractivity contribution is 5.82. The van der Waals surface area contributed by atoms with Crippen LogP contribution in [0.25, 0.3) is 0 Å². The number of nitrogens with zero attached hydrogens (tertiary/aromatic N) is 2. The number of para-hydroxylation sites is 1. The standard InChI is InChI=1S/C12H16N2O/c1-10(8-15)11-4-2-3-5-12(11)14-7-6-13-9-14/h2-5,9-10,15H,6-8H2,1H3. The zero-order valence-corrected chi connectivity index (χ0v) is 8.93. The fraction of sp³-hybridized carbons (Fsp3) is 0.417. The molecule has 0 saturated heterocycles. The summed E-state index contributed by atoms with van der Waals surface area (Å²) in [5.74, 6) is 0.176. The van der Waals surface area contributed by atoms with Crippen molar-refractivity contribution in [3.8, 4) is 0 Å². The van der Waals surface area contributed by atoms with Crippen LogP contribution < -0.4 is 4.90 Å². The van der Waals surface area contributed by atoms with Gasteiger partial charge in [-0.3, -0.25) is 4.99 Å². The molecule has 1 N–H and O–H groups in total. The number of hydrogen-bond acceptors (Lipinski definition) is 3. The fourth-order valence-corrected chi connectivity index (χ4v) is 1.83. The largest absolute Gasteiger partial charge is 0.396 e. The highest BCUT2D eigenvalue weighted by Gasteiger charge is 2.15. The first-order valence-electron chi connectivity index (χ1n) is 5.29. The number of aliphatic imine (C=N–C) groups is 1. The van der Waals surface area contributed by atoms with Gasteiger partial charge in [0.15, 0.2) is 0 Å². The van der Waals surface area contributed by atoms with Gasteiger partial charge in [-0.2, -0.15) is 0 Å². The molecule has 0 saturated carbocycles. The van der Waals surface area contributed by atoms with Gasteiger partial charge in [0.1, 0.15) is 0 Å². The average molecular weight is 204 g/mol. The minimum absolute atomic E-state index is 0.176. The first kappa shape index (κ1) is 10.2. The lowest BCUT2D eigenvalue weighted by atomic mass is 9.99. The van der Waals surface area contributed by atoms with Gasteiger partial charge >= 0.3 is 0 Å².